The minimum atomic E-state index is -0.968. The van der Waals surface area contributed by atoms with E-state index in [2.05, 4.69) is 0 Å². The lowest BCUT2D eigenvalue weighted by Gasteiger charge is -2.33. The molecule has 1 N–H and O–H groups in total. The van der Waals surface area contributed by atoms with Gasteiger partial charge in [-0.15, -0.1) is 0 Å². The monoisotopic (exact) mass is 357 g/mol. The lowest BCUT2D eigenvalue weighted by atomic mass is 10.1. The number of nitrogens with zero attached hydrogens (tertiary/aromatic N) is 1. The van der Waals surface area contributed by atoms with Gasteiger partial charge in [-0.1, -0.05) is 24.3 Å². The minimum absolute atomic E-state index is 0.0111. The van der Waals surface area contributed by atoms with E-state index >= 15 is 0 Å². The van der Waals surface area contributed by atoms with Crippen LogP contribution in [0.1, 0.15) is 34.0 Å². The van der Waals surface area contributed by atoms with Gasteiger partial charge in [0.2, 0.25) is 5.91 Å². The Hall–Kier alpha value is -2.73. The second kappa shape index (κ2) is 8.10. The SMILES string of the molecule is O=C(O)c1ccc(CCC(=O)N2CCO[C@@H](c3cccc(F)c3)C2)cc1. The van der Waals surface area contributed by atoms with Crippen molar-refractivity contribution in [2.24, 2.45) is 0 Å². The van der Waals surface area contributed by atoms with E-state index in [4.69, 9.17) is 9.84 Å². The lowest BCUT2D eigenvalue weighted by molar-refractivity contribution is -0.139. The number of aromatic carboxylic acids is 1. The molecule has 26 heavy (non-hydrogen) atoms. The van der Waals surface area contributed by atoms with Crippen molar-refractivity contribution in [3.05, 3.63) is 71.0 Å². The molecule has 6 heteroatoms. The zero-order chi connectivity index (χ0) is 18.5. The van der Waals surface area contributed by atoms with Crippen molar-refractivity contribution in [1.29, 1.82) is 0 Å². The average molecular weight is 357 g/mol. The highest BCUT2D eigenvalue weighted by Crippen LogP contribution is 2.23. The molecule has 0 unspecified atom stereocenters. The van der Waals surface area contributed by atoms with E-state index in [1.807, 2.05) is 0 Å². The van der Waals surface area contributed by atoms with Gasteiger partial charge in [0.25, 0.3) is 0 Å². The number of carbonyl (C=O) groups excluding carboxylic acids is 1. The molecule has 1 aliphatic rings. The quantitative estimate of drug-likeness (QED) is 0.893. The normalized spacial score (nSPS) is 17.1. The summed E-state index contributed by atoms with van der Waals surface area (Å²) in [5.74, 6) is -1.28. The zero-order valence-corrected chi connectivity index (χ0v) is 14.2. The van der Waals surface area contributed by atoms with Crippen LogP contribution in [0.15, 0.2) is 48.5 Å². The number of morpholine rings is 1. The van der Waals surface area contributed by atoms with Crippen molar-refractivity contribution >= 4 is 11.9 Å². The van der Waals surface area contributed by atoms with Crippen molar-refractivity contribution in [3.8, 4) is 0 Å². The van der Waals surface area contributed by atoms with Crippen LogP contribution >= 0.6 is 0 Å². The van der Waals surface area contributed by atoms with E-state index in [1.54, 1.807) is 29.2 Å². The molecule has 1 amide bonds. The van der Waals surface area contributed by atoms with Gasteiger partial charge in [0.1, 0.15) is 11.9 Å². The van der Waals surface area contributed by atoms with Gasteiger partial charge >= 0.3 is 5.97 Å². The number of halogens is 1. The van der Waals surface area contributed by atoms with Crippen LogP contribution in [-0.2, 0) is 16.0 Å². The van der Waals surface area contributed by atoms with E-state index in [1.165, 1.54) is 24.3 Å². The predicted octanol–water partition coefficient (Wildman–Crippen LogP) is 3.06. The Labute approximate surface area is 151 Å². The van der Waals surface area contributed by atoms with Crippen LogP contribution in [0, 0.1) is 5.82 Å². The smallest absolute Gasteiger partial charge is 0.335 e. The lowest BCUT2D eigenvalue weighted by Crippen LogP contribution is -2.42. The first-order valence-electron chi connectivity index (χ1n) is 8.50. The van der Waals surface area contributed by atoms with Gasteiger partial charge < -0.3 is 14.7 Å². The van der Waals surface area contributed by atoms with Crippen LogP contribution in [0.25, 0.3) is 0 Å². The molecule has 136 valence electrons. The van der Waals surface area contributed by atoms with Crippen LogP contribution in [-0.4, -0.2) is 41.6 Å². The van der Waals surface area contributed by atoms with Crippen LogP contribution in [0.4, 0.5) is 4.39 Å². The Morgan fingerprint density at radius 1 is 1.19 bits per heavy atom. The summed E-state index contributed by atoms with van der Waals surface area (Å²) in [5.41, 5.74) is 1.87. The molecule has 1 aliphatic heterocycles. The number of carbonyl (C=O) groups is 2. The standard InChI is InChI=1S/C20H20FNO4/c21-17-3-1-2-16(12-17)18-13-22(10-11-26-18)19(23)9-6-14-4-7-15(8-5-14)20(24)25/h1-5,7-8,12,18H,6,9-11,13H2,(H,24,25)/t18-/m1/s1. The molecule has 3 rings (SSSR count). The van der Waals surface area contributed by atoms with E-state index in [9.17, 15) is 14.0 Å². The van der Waals surface area contributed by atoms with Crippen molar-refractivity contribution in [2.45, 2.75) is 18.9 Å². The molecule has 0 radical (unpaired) electrons. The van der Waals surface area contributed by atoms with Crippen molar-refractivity contribution in [2.75, 3.05) is 19.7 Å². The fourth-order valence-electron chi connectivity index (χ4n) is 3.01. The summed E-state index contributed by atoms with van der Waals surface area (Å²) in [5, 5.41) is 8.90. The summed E-state index contributed by atoms with van der Waals surface area (Å²) < 4.78 is 19.1. The fraction of sp³-hybridized carbons (Fsp3) is 0.300. The summed E-state index contributed by atoms with van der Waals surface area (Å²) in [7, 11) is 0. The summed E-state index contributed by atoms with van der Waals surface area (Å²) in [6.07, 6.45) is 0.557. The van der Waals surface area contributed by atoms with E-state index in [0.717, 1.165) is 11.1 Å². The molecular weight excluding hydrogens is 337 g/mol. The van der Waals surface area contributed by atoms with Crippen molar-refractivity contribution in [3.63, 3.8) is 0 Å². The van der Waals surface area contributed by atoms with Crippen molar-refractivity contribution < 1.29 is 23.8 Å². The molecular formula is C20H20FNO4. The molecule has 0 saturated carbocycles. The highest BCUT2D eigenvalue weighted by molar-refractivity contribution is 5.87. The third kappa shape index (κ3) is 4.46. The molecule has 0 spiro atoms. The Morgan fingerprint density at radius 2 is 1.96 bits per heavy atom. The van der Waals surface area contributed by atoms with E-state index in [-0.39, 0.29) is 23.4 Å². The van der Waals surface area contributed by atoms with E-state index in [0.29, 0.717) is 32.5 Å². The third-order valence-corrected chi connectivity index (χ3v) is 4.47. The molecule has 2 aromatic carbocycles. The summed E-state index contributed by atoms with van der Waals surface area (Å²) in [6.45, 7) is 1.34. The summed E-state index contributed by atoms with van der Waals surface area (Å²) >= 11 is 0. The van der Waals surface area contributed by atoms with Gasteiger partial charge in [0, 0.05) is 13.0 Å². The number of ether oxygens (including phenoxy) is 1. The highest BCUT2D eigenvalue weighted by atomic mass is 19.1. The molecule has 1 saturated heterocycles. The number of hydrogen-bond acceptors (Lipinski definition) is 3. The summed E-state index contributed by atoms with van der Waals surface area (Å²) in [6, 6.07) is 12.8. The van der Waals surface area contributed by atoms with Gasteiger partial charge in [0.15, 0.2) is 0 Å². The van der Waals surface area contributed by atoms with E-state index < -0.39 is 5.97 Å². The van der Waals surface area contributed by atoms with Crippen molar-refractivity contribution in [1.82, 2.24) is 4.90 Å². The summed E-state index contributed by atoms with van der Waals surface area (Å²) in [4.78, 5) is 25.1. The number of aryl methyl sites for hydroxylation is 1. The molecule has 1 atom stereocenters. The first-order valence-corrected chi connectivity index (χ1v) is 8.50. The predicted molar refractivity (Wildman–Crippen MR) is 93.4 cm³/mol. The zero-order valence-electron chi connectivity index (χ0n) is 14.2. The number of carboxylic acid groups (broad SMARTS) is 1. The maximum Gasteiger partial charge on any atom is 0.335 e. The Bertz CT molecular complexity index is 791. The largest absolute Gasteiger partial charge is 0.478 e. The maximum absolute atomic E-state index is 13.4. The van der Waals surface area contributed by atoms with Crippen LogP contribution in [0.3, 0.4) is 0 Å². The van der Waals surface area contributed by atoms with Crippen LogP contribution in [0.2, 0.25) is 0 Å². The number of benzene rings is 2. The Balaban J connectivity index is 1.56. The second-order valence-corrected chi connectivity index (χ2v) is 6.26. The Morgan fingerprint density at radius 3 is 2.65 bits per heavy atom. The van der Waals surface area contributed by atoms with Crippen LogP contribution in [0.5, 0.6) is 0 Å². The maximum atomic E-state index is 13.4. The van der Waals surface area contributed by atoms with Gasteiger partial charge in [-0.05, 0) is 41.8 Å². The Kier molecular flexibility index (Phi) is 5.63. The first-order chi connectivity index (χ1) is 12.5. The van der Waals surface area contributed by atoms with Gasteiger partial charge in [-0.3, -0.25) is 4.79 Å². The van der Waals surface area contributed by atoms with Gasteiger partial charge in [-0.25, -0.2) is 9.18 Å². The minimum Gasteiger partial charge on any atom is -0.478 e. The molecule has 2 aromatic rings. The topological polar surface area (TPSA) is 66.8 Å². The van der Waals surface area contributed by atoms with Gasteiger partial charge in [0.05, 0.1) is 18.7 Å². The number of rotatable bonds is 5. The van der Waals surface area contributed by atoms with Crippen LogP contribution < -0.4 is 0 Å². The highest BCUT2D eigenvalue weighted by Gasteiger charge is 2.25. The fourth-order valence-corrected chi connectivity index (χ4v) is 3.01. The average Bonchev–Trinajstić information content (AvgIpc) is 2.66. The first kappa shape index (κ1) is 18.1. The molecule has 1 heterocycles. The molecule has 0 bridgehead atoms. The number of amides is 1. The second-order valence-electron chi connectivity index (χ2n) is 6.26. The van der Waals surface area contributed by atoms with Gasteiger partial charge in [-0.2, -0.15) is 0 Å². The molecule has 1 fully saturated rings. The molecule has 5 nitrogen and oxygen atoms in total. The number of hydrogen-bond donors (Lipinski definition) is 1. The number of carboxylic acids is 1. The third-order valence-electron chi connectivity index (χ3n) is 4.47. The molecule has 0 aliphatic carbocycles. The molecule has 0 aromatic heterocycles.